The van der Waals surface area contributed by atoms with E-state index in [1.54, 1.807) is 0 Å². The normalized spacial score (nSPS) is 28.9. The molecule has 1 saturated carbocycles. The number of ether oxygens (including phenoxy) is 1. The lowest BCUT2D eigenvalue weighted by Crippen LogP contribution is -2.46. The van der Waals surface area contributed by atoms with Gasteiger partial charge in [-0.1, -0.05) is 13.8 Å². The Bertz CT molecular complexity index is 395. The molecule has 0 radical (unpaired) electrons. The molecule has 1 amide bonds. The first-order valence-corrected chi connectivity index (χ1v) is 9.96. The van der Waals surface area contributed by atoms with E-state index in [-0.39, 0.29) is 6.09 Å². The van der Waals surface area contributed by atoms with Crippen LogP contribution in [-0.2, 0) is 4.74 Å². The zero-order valence-corrected chi connectivity index (χ0v) is 16.4. The maximum absolute atomic E-state index is 12.2. The van der Waals surface area contributed by atoms with E-state index in [1.165, 1.54) is 32.1 Å². The fourth-order valence-electron chi connectivity index (χ4n) is 4.05. The number of carbonyl (C=O) groups is 1. The Labute approximate surface area is 148 Å². The van der Waals surface area contributed by atoms with Crippen molar-refractivity contribution in [2.75, 3.05) is 19.6 Å². The Morgan fingerprint density at radius 2 is 1.83 bits per heavy atom. The van der Waals surface area contributed by atoms with Crippen LogP contribution in [0.15, 0.2) is 0 Å². The smallest absolute Gasteiger partial charge is 0.410 e. The van der Waals surface area contributed by atoms with E-state index in [1.807, 2.05) is 25.7 Å². The summed E-state index contributed by atoms with van der Waals surface area (Å²) in [7, 11) is 0. The largest absolute Gasteiger partial charge is 0.444 e. The van der Waals surface area contributed by atoms with E-state index in [2.05, 4.69) is 19.2 Å². The summed E-state index contributed by atoms with van der Waals surface area (Å²) in [6.07, 6.45) is 7.51. The number of hydrogen-bond acceptors (Lipinski definition) is 3. The average Bonchev–Trinajstić information content (AvgIpc) is 2.52. The lowest BCUT2D eigenvalue weighted by molar-refractivity contribution is 0.0164. The maximum atomic E-state index is 12.2. The minimum Gasteiger partial charge on any atom is -0.444 e. The summed E-state index contributed by atoms with van der Waals surface area (Å²) in [6.45, 7) is 13.2. The van der Waals surface area contributed by atoms with Crippen molar-refractivity contribution in [1.29, 1.82) is 0 Å². The highest BCUT2D eigenvalue weighted by Crippen LogP contribution is 2.30. The van der Waals surface area contributed by atoms with Crippen molar-refractivity contribution in [3.05, 3.63) is 0 Å². The van der Waals surface area contributed by atoms with Crippen molar-refractivity contribution in [2.45, 2.75) is 84.8 Å². The van der Waals surface area contributed by atoms with Crippen molar-refractivity contribution in [2.24, 2.45) is 17.8 Å². The highest BCUT2D eigenvalue weighted by molar-refractivity contribution is 5.68. The van der Waals surface area contributed by atoms with Crippen molar-refractivity contribution in [3.8, 4) is 0 Å². The molecule has 0 aromatic heterocycles. The lowest BCUT2D eigenvalue weighted by atomic mass is 9.79. The van der Waals surface area contributed by atoms with Crippen LogP contribution in [0.3, 0.4) is 0 Å². The molecule has 2 rings (SSSR count). The van der Waals surface area contributed by atoms with Crippen LogP contribution < -0.4 is 5.32 Å². The van der Waals surface area contributed by atoms with Crippen LogP contribution >= 0.6 is 0 Å². The second-order valence-electron chi connectivity index (χ2n) is 9.20. The second-order valence-corrected chi connectivity index (χ2v) is 9.20. The van der Waals surface area contributed by atoms with Gasteiger partial charge in [0.25, 0.3) is 0 Å². The quantitative estimate of drug-likeness (QED) is 0.824. The highest BCUT2D eigenvalue weighted by atomic mass is 16.6. The zero-order valence-electron chi connectivity index (χ0n) is 16.4. The third kappa shape index (κ3) is 6.27. The number of hydrogen-bond donors (Lipinski definition) is 1. The van der Waals surface area contributed by atoms with E-state index < -0.39 is 5.60 Å². The van der Waals surface area contributed by atoms with Gasteiger partial charge >= 0.3 is 6.09 Å². The number of piperidine rings is 1. The fourth-order valence-corrected chi connectivity index (χ4v) is 4.05. The van der Waals surface area contributed by atoms with Crippen LogP contribution in [0, 0.1) is 17.8 Å². The van der Waals surface area contributed by atoms with Gasteiger partial charge in [-0.05, 0) is 83.6 Å². The molecule has 1 N–H and O–H groups in total. The summed E-state index contributed by atoms with van der Waals surface area (Å²) in [4.78, 5) is 14.1. The van der Waals surface area contributed by atoms with Crippen LogP contribution in [0.4, 0.5) is 4.79 Å². The maximum Gasteiger partial charge on any atom is 0.410 e. The summed E-state index contributed by atoms with van der Waals surface area (Å²) in [6, 6.07) is 0.678. The molecule has 1 aliphatic carbocycles. The molecule has 0 aromatic rings. The molecule has 24 heavy (non-hydrogen) atoms. The molecule has 2 fully saturated rings. The average molecular weight is 339 g/mol. The molecule has 1 heterocycles. The molecule has 0 aromatic carbocycles. The predicted molar refractivity (Wildman–Crippen MR) is 99.1 cm³/mol. The second kappa shape index (κ2) is 8.55. The van der Waals surface area contributed by atoms with Gasteiger partial charge in [-0.15, -0.1) is 0 Å². The number of rotatable bonds is 4. The monoisotopic (exact) mass is 338 g/mol. The van der Waals surface area contributed by atoms with Crippen LogP contribution in [-0.4, -0.2) is 42.3 Å². The third-order valence-corrected chi connectivity index (χ3v) is 5.58. The summed E-state index contributed by atoms with van der Waals surface area (Å²) < 4.78 is 5.52. The molecule has 2 aliphatic rings. The molecule has 0 unspecified atom stereocenters. The molecule has 140 valence electrons. The number of nitrogens with zero attached hydrogens (tertiary/aromatic N) is 1. The Morgan fingerprint density at radius 3 is 2.42 bits per heavy atom. The highest BCUT2D eigenvalue weighted by Gasteiger charge is 2.28. The van der Waals surface area contributed by atoms with Crippen LogP contribution in [0.5, 0.6) is 0 Å². The summed E-state index contributed by atoms with van der Waals surface area (Å²) in [5, 5.41) is 3.78. The summed E-state index contributed by atoms with van der Waals surface area (Å²) >= 11 is 0. The van der Waals surface area contributed by atoms with Gasteiger partial charge in [0, 0.05) is 19.1 Å². The Kier molecular flexibility index (Phi) is 6.97. The molecule has 0 spiro atoms. The van der Waals surface area contributed by atoms with Gasteiger partial charge in [0.1, 0.15) is 5.60 Å². The zero-order chi connectivity index (χ0) is 17.7. The van der Waals surface area contributed by atoms with Gasteiger partial charge < -0.3 is 15.0 Å². The van der Waals surface area contributed by atoms with E-state index in [4.69, 9.17) is 4.74 Å². The van der Waals surface area contributed by atoms with Crippen molar-refractivity contribution >= 4 is 6.09 Å². The van der Waals surface area contributed by atoms with Crippen LogP contribution in [0.2, 0.25) is 0 Å². The number of amides is 1. The van der Waals surface area contributed by atoms with Gasteiger partial charge in [-0.25, -0.2) is 4.79 Å². The molecule has 0 bridgehead atoms. The summed E-state index contributed by atoms with van der Waals surface area (Å²) in [5.74, 6) is 2.31. The Morgan fingerprint density at radius 1 is 1.17 bits per heavy atom. The lowest BCUT2D eigenvalue weighted by Gasteiger charge is -2.36. The van der Waals surface area contributed by atoms with E-state index in [0.29, 0.717) is 12.0 Å². The van der Waals surface area contributed by atoms with Crippen molar-refractivity contribution in [3.63, 3.8) is 0 Å². The molecule has 1 saturated heterocycles. The first-order valence-electron chi connectivity index (χ1n) is 9.96. The number of likely N-dealkylation sites (tertiary alicyclic amines) is 1. The van der Waals surface area contributed by atoms with Crippen LogP contribution in [0.25, 0.3) is 0 Å². The van der Waals surface area contributed by atoms with Gasteiger partial charge in [0.15, 0.2) is 0 Å². The summed E-state index contributed by atoms with van der Waals surface area (Å²) in [5.41, 5.74) is -0.405. The third-order valence-electron chi connectivity index (χ3n) is 5.58. The number of nitrogens with one attached hydrogen (secondary N) is 1. The predicted octanol–water partition coefficient (Wildman–Crippen LogP) is 4.44. The molecule has 4 heteroatoms. The standard InChI is InChI=1S/C20H38N2O2/c1-15(2)17-8-10-18(11-9-17)21-13-16-7-6-12-22(14-16)19(23)24-20(3,4)5/h15-18,21H,6-14H2,1-5H3/t16-,17-,18-/m1/s1. The first-order chi connectivity index (χ1) is 11.2. The van der Waals surface area contributed by atoms with Gasteiger partial charge in [0.05, 0.1) is 0 Å². The van der Waals surface area contributed by atoms with E-state index in [9.17, 15) is 4.79 Å². The Hall–Kier alpha value is -0.770. The van der Waals surface area contributed by atoms with Crippen molar-refractivity contribution in [1.82, 2.24) is 10.2 Å². The van der Waals surface area contributed by atoms with E-state index in [0.717, 1.165) is 37.9 Å². The van der Waals surface area contributed by atoms with E-state index >= 15 is 0 Å². The molecular weight excluding hydrogens is 300 g/mol. The van der Waals surface area contributed by atoms with Gasteiger partial charge in [0.2, 0.25) is 0 Å². The van der Waals surface area contributed by atoms with Gasteiger partial charge in [-0.3, -0.25) is 0 Å². The SMILES string of the molecule is CC(C)[C@H]1CC[C@H](NC[C@H]2CCCN(C(=O)OC(C)(C)C)C2)CC1. The minimum absolute atomic E-state index is 0.148. The molecular formula is C20H38N2O2. The molecule has 1 atom stereocenters. The Balaban J connectivity index is 1.71. The minimum atomic E-state index is -0.405. The first kappa shape index (κ1) is 19.6. The topological polar surface area (TPSA) is 41.6 Å². The van der Waals surface area contributed by atoms with Gasteiger partial charge in [-0.2, -0.15) is 0 Å². The fraction of sp³-hybridized carbons (Fsp3) is 0.950. The number of carbonyl (C=O) groups excluding carboxylic acids is 1. The molecule has 1 aliphatic heterocycles. The van der Waals surface area contributed by atoms with Crippen molar-refractivity contribution < 1.29 is 9.53 Å². The van der Waals surface area contributed by atoms with Crippen LogP contribution in [0.1, 0.15) is 73.1 Å². The molecule has 4 nitrogen and oxygen atoms in total.